The van der Waals surface area contributed by atoms with Gasteiger partial charge in [0.2, 0.25) is 15.9 Å². The summed E-state index contributed by atoms with van der Waals surface area (Å²) in [5, 5.41) is 3.43. The smallest absolute Gasteiger partial charge is 0.257 e. The van der Waals surface area contributed by atoms with Crippen LogP contribution in [0.25, 0.3) is 11.1 Å². The molecule has 1 fully saturated rings. The minimum absolute atomic E-state index is 0.0856. The summed E-state index contributed by atoms with van der Waals surface area (Å²) in [6, 6.07) is 13.3. The Kier molecular flexibility index (Phi) is 6.28. The highest BCUT2D eigenvalue weighted by Crippen LogP contribution is 2.31. The Morgan fingerprint density at radius 3 is 2.62 bits per heavy atom. The van der Waals surface area contributed by atoms with Crippen LogP contribution < -0.4 is 14.4 Å². The maximum Gasteiger partial charge on any atom is 0.257 e. The molecule has 166 valence electrons. The molecular formula is C22H19Cl2N3O4S. The average molecular weight is 492 g/mol. The molecule has 0 spiro atoms. The van der Waals surface area contributed by atoms with Crippen molar-refractivity contribution in [3.63, 3.8) is 0 Å². The molecule has 1 saturated heterocycles. The Labute approximate surface area is 196 Å². The van der Waals surface area contributed by atoms with Crippen LogP contribution in [0.15, 0.2) is 54.7 Å². The monoisotopic (exact) mass is 491 g/mol. The number of sulfonamides is 1. The minimum atomic E-state index is -3.38. The van der Waals surface area contributed by atoms with Gasteiger partial charge in [-0.15, -0.1) is 0 Å². The number of ether oxygens (including phenoxy) is 1. The second-order valence-corrected chi connectivity index (χ2v) is 10.0. The second kappa shape index (κ2) is 8.97. The van der Waals surface area contributed by atoms with Crippen LogP contribution in [-0.4, -0.2) is 38.7 Å². The lowest BCUT2D eigenvalue weighted by Gasteiger charge is -2.18. The number of rotatable bonds is 5. The molecule has 10 heteroatoms. The molecular weight excluding hydrogens is 473 g/mol. The Balaban J connectivity index is 1.63. The van der Waals surface area contributed by atoms with Crippen molar-refractivity contribution in [2.45, 2.75) is 6.42 Å². The number of hydrogen-bond donors (Lipinski definition) is 1. The van der Waals surface area contributed by atoms with E-state index in [1.807, 2.05) is 0 Å². The summed E-state index contributed by atoms with van der Waals surface area (Å²) < 4.78 is 30.9. The third-order valence-corrected chi connectivity index (χ3v) is 7.43. The quantitative estimate of drug-likeness (QED) is 0.550. The first-order valence-corrected chi connectivity index (χ1v) is 12.1. The van der Waals surface area contributed by atoms with Crippen molar-refractivity contribution in [2.24, 2.45) is 0 Å². The van der Waals surface area contributed by atoms with E-state index in [1.54, 1.807) is 42.6 Å². The molecule has 0 bridgehead atoms. The zero-order valence-corrected chi connectivity index (χ0v) is 19.3. The van der Waals surface area contributed by atoms with Crippen molar-refractivity contribution >= 4 is 50.5 Å². The standard InChI is InChI=1S/C22H19Cl2N3O4S/c1-31-21-11-14(5-6-25-21)15-9-16(23)12-17(10-15)26-22(28)19-13-18(3-4-20(19)24)27-7-2-8-32(27,29)30/h3-6,9-13H,2,7-8H2,1H3,(H,26,28). The zero-order valence-electron chi connectivity index (χ0n) is 17.0. The molecule has 2 aromatic carbocycles. The largest absolute Gasteiger partial charge is 0.481 e. The van der Waals surface area contributed by atoms with Gasteiger partial charge in [0.25, 0.3) is 5.91 Å². The lowest BCUT2D eigenvalue weighted by atomic mass is 10.1. The van der Waals surface area contributed by atoms with Crippen LogP contribution in [0.3, 0.4) is 0 Å². The molecule has 0 aliphatic carbocycles. The van der Waals surface area contributed by atoms with Gasteiger partial charge in [0.1, 0.15) is 0 Å². The maximum atomic E-state index is 13.0. The minimum Gasteiger partial charge on any atom is -0.481 e. The number of pyridine rings is 1. The Morgan fingerprint density at radius 2 is 1.91 bits per heavy atom. The number of carbonyl (C=O) groups excluding carboxylic acids is 1. The third-order valence-electron chi connectivity index (χ3n) is 5.01. The maximum absolute atomic E-state index is 13.0. The lowest BCUT2D eigenvalue weighted by molar-refractivity contribution is 0.102. The van der Waals surface area contributed by atoms with E-state index in [4.69, 9.17) is 27.9 Å². The number of halogens is 2. The molecule has 7 nitrogen and oxygen atoms in total. The number of nitrogens with one attached hydrogen (secondary N) is 1. The lowest BCUT2D eigenvalue weighted by Crippen LogP contribution is -2.25. The molecule has 4 rings (SSSR count). The number of anilines is 2. The normalized spacial score (nSPS) is 14.9. The molecule has 2 heterocycles. The SMILES string of the molecule is COc1cc(-c2cc(Cl)cc(NC(=O)c3cc(N4CCCS4(=O)=O)ccc3Cl)c2)ccn1. The molecule has 1 amide bonds. The Hall–Kier alpha value is -2.81. The second-order valence-electron chi connectivity index (χ2n) is 7.18. The number of amides is 1. The summed E-state index contributed by atoms with van der Waals surface area (Å²) in [5.74, 6) is 0.0601. The molecule has 1 aliphatic heterocycles. The number of nitrogens with zero attached hydrogens (tertiary/aromatic N) is 2. The Bertz CT molecular complexity index is 1300. The van der Waals surface area contributed by atoms with Gasteiger partial charge < -0.3 is 10.1 Å². The van der Waals surface area contributed by atoms with Gasteiger partial charge in [0, 0.05) is 29.5 Å². The first kappa shape index (κ1) is 22.4. The number of benzene rings is 2. The summed E-state index contributed by atoms with van der Waals surface area (Å²) >= 11 is 12.5. The molecule has 0 saturated carbocycles. The molecule has 0 atom stereocenters. The van der Waals surface area contributed by atoms with Crippen LogP contribution in [0.5, 0.6) is 5.88 Å². The highest BCUT2D eigenvalue weighted by Gasteiger charge is 2.29. The summed E-state index contributed by atoms with van der Waals surface area (Å²) in [5.41, 5.74) is 2.61. The summed E-state index contributed by atoms with van der Waals surface area (Å²) in [4.78, 5) is 17.1. The number of aromatic nitrogens is 1. The first-order valence-electron chi connectivity index (χ1n) is 9.69. The van der Waals surface area contributed by atoms with E-state index in [0.717, 1.165) is 11.1 Å². The summed E-state index contributed by atoms with van der Waals surface area (Å²) in [6.45, 7) is 0.373. The van der Waals surface area contributed by atoms with Gasteiger partial charge in [-0.3, -0.25) is 9.10 Å². The number of methoxy groups -OCH3 is 1. The van der Waals surface area contributed by atoms with Crippen molar-refractivity contribution < 1.29 is 17.9 Å². The molecule has 0 unspecified atom stereocenters. The number of hydrogen-bond acceptors (Lipinski definition) is 5. The van der Waals surface area contributed by atoms with Gasteiger partial charge in [-0.1, -0.05) is 23.2 Å². The van der Waals surface area contributed by atoms with Crippen LogP contribution in [0, 0.1) is 0 Å². The molecule has 3 aromatic rings. The van der Waals surface area contributed by atoms with Gasteiger partial charge in [-0.05, 0) is 60.0 Å². The number of carbonyl (C=O) groups is 1. The van der Waals surface area contributed by atoms with Crippen molar-refractivity contribution in [3.8, 4) is 17.0 Å². The van der Waals surface area contributed by atoms with Crippen LogP contribution in [0.2, 0.25) is 10.0 Å². The van der Waals surface area contributed by atoms with Gasteiger partial charge in [-0.2, -0.15) is 0 Å². The van der Waals surface area contributed by atoms with E-state index in [1.165, 1.54) is 23.5 Å². The topological polar surface area (TPSA) is 88.6 Å². The van der Waals surface area contributed by atoms with Crippen LogP contribution in [0.4, 0.5) is 11.4 Å². The van der Waals surface area contributed by atoms with E-state index >= 15 is 0 Å². The van der Waals surface area contributed by atoms with Crippen LogP contribution in [-0.2, 0) is 10.0 Å². The highest BCUT2D eigenvalue weighted by molar-refractivity contribution is 7.93. The highest BCUT2D eigenvalue weighted by atomic mass is 35.5. The van der Waals surface area contributed by atoms with E-state index in [9.17, 15) is 13.2 Å². The molecule has 1 aliphatic rings. The van der Waals surface area contributed by atoms with Gasteiger partial charge in [0.15, 0.2) is 0 Å². The molecule has 32 heavy (non-hydrogen) atoms. The van der Waals surface area contributed by atoms with Gasteiger partial charge >= 0.3 is 0 Å². The molecule has 1 aromatic heterocycles. The van der Waals surface area contributed by atoms with Crippen LogP contribution >= 0.6 is 23.2 Å². The third kappa shape index (κ3) is 4.67. The van der Waals surface area contributed by atoms with E-state index in [2.05, 4.69) is 10.3 Å². The van der Waals surface area contributed by atoms with Gasteiger partial charge in [0.05, 0.1) is 29.1 Å². The summed E-state index contributed by atoms with van der Waals surface area (Å²) in [6.07, 6.45) is 2.16. The van der Waals surface area contributed by atoms with Gasteiger partial charge in [-0.25, -0.2) is 13.4 Å². The van der Waals surface area contributed by atoms with E-state index in [-0.39, 0.29) is 16.3 Å². The fourth-order valence-electron chi connectivity index (χ4n) is 3.50. The fourth-order valence-corrected chi connectivity index (χ4v) is 5.49. The van der Waals surface area contributed by atoms with E-state index in [0.29, 0.717) is 35.2 Å². The summed E-state index contributed by atoms with van der Waals surface area (Å²) in [7, 11) is -1.85. The zero-order chi connectivity index (χ0) is 22.9. The average Bonchev–Trinajstić information content (AvgIpc) is 3.12. The first-order chi connectivity index (χ1) is 15.3. The van der Waals surface area contributed by atoms with Crippen molar-refractivity contribution in [2.75, 3.05) is 29.0 Å². The van der Waals surface area contributed by atoms with Crippen molar-refractivity contribution in [1.82, 2.24) is 4.98 Å². The van der Waals surface area contributed by atoms with Crippen molar-refractivity contribution in [1.29, 1.82) is 0 Å². The molecule has 0 radical (unpaired) electrons. The van der Waals surface area contributed by atoms with Crippen LogP contribution in [0.1, 0.15) is 16.8 Å². The predicted octanol–water partition coefficient (Wildman–Crippen LogP) is 4.86. The van der Waals surface area contributed by atoms with E-state index < -0.39 is 15.9 Å². The Morgan fingerprint density at radius 1 is 1.09 bits per heavy atom. The molecule has 1 N–H and O–H groups in total. The predicted molar refractivity (Wildman–Crippen MR) is 126 cm³/mol. The van der Waals surface area contributed by atoms with Crippen molar-refractivity contribution in [3.05, 3.63) is 70.3 Å². The fraction of sp³-hybridized carbons (Fsp3) is 0.182.